The first-order chi connectivity index (χ1) is 8.10. The second-order valence-corrected chi connectivity index (χ2v) is 4.19. The van der Waals surface area contributed by atoms with Crippen LogP contribution in [0.3, 0.4) is 0 Å². The Hall–Kier alpha value is -1.82. The molecule has 1 rings (SSSR count). The molecule has 0 aromatic heterocycles. The van der Waals surface area contributed by atoms with E-state index in [0.717, 1.165) is 11.1 Å². The lowest BCUT2D eigenvalue weighted by molar-refractivity contribution is 0.0752. The van der Waals surface area contributed by atoms with Gasteiger partial charge in [-0.3, -0.25) is 4.79 Å². The molecular weight excluding hydrogens is 212 g/mol. The van der Waals surface area contributed by atoms with Crippen molar-refractivity contribution in [1.29, 1.82) is 5.26 Å². The van der Waals surface area contributed by atoms with Crippen LogP contribution < -0.4 is 0 Å². The third-order valence-corrected chi connectivity index (χ3v) is 2.76. The summed E-state index contributed by atoms with van der Waals surface area (Å²) in [5.41, 5.74) is 1.69. The summed E-state index contributed by atoms with van der Waals surface area (Å²) in [5, 5.41) is 8.80. The van der Waals surface area contributed by atoms with Crippen LogP contribution in [0.1, 0.15) is 29.8 Å². The van der Waals surface area contributed by atoms with Crippen LogP contribution >= 0.6 is 0 Å². The summed E-state index contributed by atoms with van der Waals surface area (Å²) in [7, 11) is 0. The summed E-state index contributed by atoms with van der Waals surface area (Å²) >= 11 is 0. The van der Waals surface area contributed by atoms with Crippen molar-refractivity contribution >= 4 is 5.91 Å². The van der Waals surface area contributed by atoms with Gasteiger partial charge in [-0.25, -0.2) is 0 Å². The number of nitrogens with zero attached hydrogens (tertiary/aromatic N) is 2. The first kappa shape index (κ1) is 13.2. The predicted octanol–water partition coefficient (Wildman–Crippen LogP) is 2.62. The van der Waals surface area contributed by atoms with Crippen LogP contribution in [0.5, 0.6) is 0 Å². The molecule has 3 nitrogen and oxygen atoms in total. The highest BCUT2D eigenvalue weighted by atomic mass is 16.2. The molecule has 90 valence electrons. The van der Waals surface area contributed by atoms with Crippen LogP contribution in [0, 0.1) is 24.2 Å². The number of hydrogen-bond acceptors (Lipinski definition) is 2. The first-order valence-electron chi connectivity index (χ1n) is 5.84. The monoisotopic (exact) mass is 230 g/mol. The van der Waals surface area contributed by atoms with Crippen LogP contribution in [0.4, 0.5) is 0 Å². The molecule has 0 bridgehead atoms. The highest BCUT2D eigenvalue weighted by Crippen LogP contribution is 2.11. The summed E-state index contributed by atoms with van der Waals surface area (Å²) in [6.45, 7) is 6.79. The maximum absolute atomic E-state index is 12.3. The van der Waals surface area contributed by atoms with Crippen molar-refractivity contribution in [3.63, 3.8) is 0 Å². The largest absolute Gasteiger partial charge is 0.338 e. The highest BCUT2D eigenvalue weighted by molar-refractivity contribution is 5.95. The third-order valence-electron chi connectivity index (χ3n) is 2.76. The Labute approximate surface area is 103 Å². The number of rotatable bonds is 4. The van der Waals surface area contributed by atoms with Gasteiger partial charge in [-0.2, -0.15) is 5.26 Å². The normalized spacial score (nSPS) is 11.6. The van der Waals surface area contributed by atoms with Gasteiger partial charge in [0.1, 0.15) is 0 Å². The van der Waals surface area contributed by atoms with E-state index in [0.29, 0.717) is 13.1 Å². The number of nitriles is 1. The van der Waals surface area contributed by atoms with Crippen LogP contribution in [-0.4, -0.2) is 23.9 Å². The van der Waals surface area contributed by atoms with Gasteiger partial charge in [0, 0.05) is 18.7 Å². The van der Waals surface area contributed by atoms with Gasteiger partial charge in [-0.05, 0) is 32.4 Å². The summed E-state index contributed by atoms with van der Waals surface area (Å²) in [5.74, 6) is -0.129. The fourth-order valence-electron chi connectivity index (χ4n) is 1.71. The molecule has 0 fully saturated rings. The van der Waals surface area contributed by atoms with Gasteiger partial charge in [-0.15, -0.1) is 0 Å². The average Bonchev–Trinajstić information content (AvgIpc) is 2.35. The molecule has 0 saturated carbocycles. The van der Waals surface area contributed by atoms with Gasteiger partial charge in [0.2, 0.25) is 0 Å². The molecule has 0 N–H and O–H groups in total. The fraction of sp³-hybridized carbons (Fsp3) is 0.429. The van der Waals surface area contributed by atoms with E-state index in [9.17, 15) is 4.79 Å². The minimum absolute atomic E-state index is 0.00713. The number of aryl methyl sites for hydroxylation is 1. The van der Waals surface area contributed by atoms with Gasteiger partial charge in [0.15, 0.2) is 0 Å². The van der Waals surface area contributed by atoms with Crippen molar-refractivity contribution in [3.05, 3.63) is 35.4 Å². The van der Waals surface area contributed by atoms with Gasteiger partial charge >= 0.3 is 0 Å². The summed E-state index contributed by atoms with van der Waals surface area (Å²) in [4.78, 5) is 14.0. The number of carbonyl (C=O) groups excluding carboxylic acids is 1. The molecule has 0 heterocycles. The summed E-state index contributed by atoms with van der Waals surface area (Å²) in [6.07, 6.45) is 0. The second kappa shape index (κ2) is 6.05. The number of hydrogen-bond donors (Lipinski definition) is 0. The van der Waals surface area contributed by atoms with Crippen molar-refractivity contribution in [3.8, 4) is 6.07 Å². The zero-order valence-electron chi connectivity index (χ0n) is 10.6. The van der Waals surface area contributed by atoms with Crippen molar-refractivity contribution < 1.29 is 4.79 Å². The van der Waals surface area contributed by atoms with E-state index in [2.05, 4.69) is 6.07 Å². The minimum atomic E-state index is -0.136. The number of benzene rings is 1. The van der Waals surface area contributed by atoms with E-state index in [1.54, 1.807) is 4.90 Å². The Morgan fingerprint density at radius 1 is 1.47 bits per heavy atom. The maximum Gasteiger partial charge on any atom is 0.254 e. The molecule has 0 aliphatic carbocycles. The molecule has 0 spiro atoms. The van der Waals surface area contributed by atoms with Crippen molar-refractivity contribution in [2.24, 2.45) is 5.92 Å². The molecule has 1 amide bonds. The molecule has 0 saturated heterocycles. The fourth-order valence-corrected chi connectivity index (χ4v) is 1.71. The Morgan fingerprint density at radius 2 is 2.12 bits per heavy atom. The molecule has 3 heteroatoms. The van der Waals surface area contributed by atoms with E-state index in [-0.39, 0.29) is 11.8 Å². The van der Waals surface area contributed by atoms with Crippen LogP contribution in [0.2, 0.25) is 0 Å². The lowest BCUT2D eigenvalue weighted by atomic mass is 10.1. The average molecular weight is 230 g/mol. The number of amides is 1. The summed E-state index contributed by atoms with van der Waals surface area (Å²) in [6, 6.07) is 9.69. The Morgan fingerprint density at radius 3 is 2.65 bits per heavy atom. The van der Waals surface area contributed by atoms with E-state index >= 15 is 0 Å². The minimum Gasteiger partial charge on any atom is -0.338 e. The maximum atomic E-state index is 12.3. The Bertz CT molecular complexity index is 434. The van der Waals surface area contributed by atoms with E-state index in [1.807, 2.05) is 45.0 Å². The third kappa shape index (κ3) is 3.32. The smallest absolute Gasteiger partial charge is 0.254 e. The van der Waals surface area contributed by atoms with E-state index in [4.69, 9.17) is 5.26 Å². The Balaban J connectivity index is 2.88. The Kier molecular flexibility index (Phi) is 4.71. The van der Waals surface area contributed by atoms with Crippen molar-refractivity contribution in [2.75, 3.05) is 13.1 Å². The molecule has 1 aromatic rings. The molecule has 1 unspecified atom stereocenters. The van der Waals surface area contributed by atoms with Crippen molar-refractivity contribution in [1.82, 2.24) is 4.90 Å². The first-order valence-corrected chi connectivity index (χ1v) is 5.84. The van der Waals surface area contributed by atoms with Gasteiger partial charge < -0.3 is 4.90 Å². The lowest BCUT2D eigenvalue weighted by Crippen LogP contribution is -2.34. The molecule has 1 atom stereocenters. The van der Waals surface area contributed by atoms with Gasteiger partial charge in [0.25, 0.3) is 5.91 Å². The highest BCUT2D eigenvalue weighted by Gasteiger charge is 2.17. The second-order valence-electron chi connectivity index (χ2n) is 4.19. The standard InChI is InChI=1S/C14H18N2O/c1-4-16(10-11(2)9-15)14(17)13-8-6-5-7-12(13)3/h5-8,11H,4,10H2,1-3H3. The molecule has 0 radical (unpaired) electrons. The zero-order valence-corrected chi connectivity index (χ0v) is 10.6. The van der Waals surface area contributed by atoms with Crippen LogP contribution in [0.15, 0.2) is 24.3 Å². The SMILES string of the molecule is CCN(CC(C)C#N)C(=O)c1ccccc1C. The van der Waals surface area contributed by atoms with E-state index in [1.165, 1.54) is 0 Å². The molecule has 1 aromatic carbocycles. The van der Waals surface area contributed by atoms with Gasteiger partial charge in [-0.1, -0.05) is 18.2 Å². The predicted molar refractivity (Wildman–Crippen MR) is 67.5 cm³/mol. The van der Waals surface area contributed by atoms with Crippen LogP contribution in [0.25, 0.3) is 0 Å². The molecular formula is C14H18N2O. The molecule has 0 aliphatic heterocycles. The van der Waals surface area contributed by atoms with E-state index < -0.39 is 0 Å². The van der Waals surface area contributed by atoms with Crippen LogP contribution in [-0.2, 0) is 0 Å². The quantitative estimate of drug-likeness (QED) is 0.798. The lowest BCUT2D eigenvalue weighted by Gasteiger charge is -2.22. The molecule has 0 aliphatic rings. The van der Waals surface area contributed by atoms with Gasteiger partial charge in [0.05, 0.1) is 12.0 Å². The number of carbonyl (C=O) groups is 1. The summed E-state index contributed by atoms with van der Waals surface area (Å²) < 4.78 is 0. The van der Waals surface area contributed by atoms with Crippen molar-refractivity contribution in [2.45, 2.75) is 20.8 Å². The molecule has 17 heavy (non-hydrogen) atoms. The topological polar surface area (TPSA) is 44.1 Å². The zero-order chi connectivity index (χ0) is 12.8.